The van der Waals surface area contributed by atoms with Crippen molar-refractivity contribution >= 4 is 16.9 Å². The van der Waals surface area contributed by atoms with Gasteiger partial charge < -0.3 is 9.88 Å². The molecule has 1 aromatic heterocycles. The highest BCUT2D eigenvalue weighted by Gasteiger charge is 2.31. The van der Waals surface area contributed by atoms with Crippen LogP contribution in [0.4, 0.5) is 0 Å². The van der Waals surface area contributed by atoms with Gasteiger partial charge in [-0.05, 0) is 41.7 Å². The van der Waals surface area contributed by atoms with Gasteiger partial charge in [-0.1, -0.05) is 66.7 Å². The van der Waals surface area contributed by atoms with Crippen molar-refractivity contribution in [2.45, 2.75) is 25.3 Å². The molecule has 1 amide bonds. The van der Waals surface area contributed by atoms with Crippen LogP contribution in [0, 0.1) is 0 Å². The number of H-pyrrole nitrogens is 1. The van der Waals surface area contributed by atoms with Crippen LogP contribution >= 0.6 is 0 Å². The third-order valence-electron chi connectivity index (χ3n) is 5.71. The standard InChI is InChI=1S/C25H23N3O/c29-24(17-18-12-14-20(15-13-18)19-7-2-1-3-8-19)28-16-6-11-23(28)25-26-21-9-4-5-10-22(21)27-25/h1-5,7-10,12-15,23H,6,11,16-17H2,(H,26,27). The first-order chi connectivity index (χ1) is 14.3. The summed E-state index contributed by atoms with van der Waals surface area (Å²) in [5.74, 6) is 1.07. The zero-order valence-corrected chi connectivity index (χ0v) is 16.2. The second-order valence-corrected chi connectivity index (χ2v) is 7.62. The number of nitrogens with zero attached hydrogens (tertiary/aromatic N) is 2. The lowest BCUT2D eigenvalue weighted by molar-refractivity contribution is -0.131. The van der Waals surface area contributed by atoms with Crippen LogP contribution in [-0.2, 0) is 11.2 Å². The summed E-state index contributed by atoms with van der Waals surface area (Å²) in [6.07, 6.45) is 2.39. The van der Waals surface area contributed by atoms with Crippen molar-refractivity contribution in [3.63, 3.8) is 0 Å². The number of likely N-dealkylation sites (tertiary alicyclic amines) is 1. The highest BCUT2D eigenvalue weighted by Crippen LogP contribution is 2.32. The number of rotatable bonds is 4. The van der Waals surface area contributed by atoms with Crippen LogP contribution < -0.4 is 0 Å². The number of amides is 1. The number of aromatic amines is 1. The summed E-state index contributed by atoms with van der Waals surface area (Å²) in [5, 5.41) is 0. The van der Waals surface area contributed by atoms with E-state index in [-0.39, 0.29) is 11.9 Å². The molecule has 3 aromatic carbocycles. The Labute approximate surface area is 170 Å². The van der Waals surface area contributed by atoms with E-state index in [1.54, 1.807) is 0 Å². The Morgan fingerprint density at radius 1 is 0.931 bits per heavy atom. The van der Waals surface area contributed by atoms with E-state index < -0.39 is 0 Å². The number of nitrogens with one attached hydrogen (secondary N) is 1. The molecule has 0 aliphatic carbocycles. The summed E-state index contributed by atoms with van der Waals surface area (Å²) in [6.45, 7) is 0.794. The first-order valence-corrected chi connectivity index (χ1v) is 10.2. The van der Waals surface area contributed by atoms with E-state index in [9.17, 15) is 4.79 Å². The first-order valence-electron chi connectivity index (χ1n) is 10.2. The van der Waals surface area contributed by atoms with Gasteiger partial charge in [-0.15, -0.1) is 0 Å². The molecule has 0 spiro atoms. The van der Waals surface area contributed by atoms with Gasteiger partial charge in [-0.3, -0.25) is 4.79 Å². The molecule has 29 heavy (non-hydrogen) atoms. The van der Waals surface area contributed by atoms with Gasteiger partial charge in [0.15, 0.2) is 0 Å². The molecule has 4 nitrogen and oxygen atoms in total. The molecular formula is C25H23N3O. The van der Waals surface area contributed by atoms with Crippen LogP contribution in [0.3, 0.4) is 0 Å². The number of hydrogen-bond donors (Lipinski definition) is 1. The number of hydrogen-bond acceptors (Lipinski definition) is 2. The molecule has 144 valence electrons. The van der Waals surface area contributed by atoms with Gasteiger partial charge >= 0.3 is 0 Å². The molecule has 1 unspecified atom stereocenters. The molecule has 0 radical (unpaired) electrons. The van der Waals surface area contributed by atoms with Crippen molar-refractivity contribution in [2.75, 3.05) is 6.54 Å². The lowest BCUT2D eigenvalue weighted by Crippen LogP contribution is -2.32. The number of aromatic nitrogens is 2. The molecule has 0 bridgehead atoms. The fourth-order valence-corrected chi connectivity index (χ4v) is 4.20. The van der Waals surface area contributed by atoms with E-state index >= 15 is 0 Å². The molecule has 1 N–H and O–H groups in total. The lowest BCUT2D eigenvalue weighted by atomic mass is 10.0. The third kappa shape index (κ3) is 3.54. The Kier molecular flexibility index (Phi) is 4.60. The summed E-state index contributed by atoms with van der Waals surface area (Å²) in [7, 11) is 0. The Balaban J connectivity index is 1.32. The van der Waals surface area contributed by atoms with Crippen LogP contribution in [0.2, 0.25) is 0 Å². The monoisotopic (exact) mass is 381 g/mol. The van der Waals surface area contributed by atoms with E-state index in [2.05, 4.69) is 41.4 Å². The predicted octanol–water partition coefficient (Wildman–Crippen LogP) is 5.14. The average molecular weight is 381 g/mol. The molecule has 0 saturated carbocycles. The van der Waals surface area contributed by atoms with E-state index in [4.69, 9.17) is 4.98 Å². The number of para-hydroxylation sites is 2. The summed E-state index contributed by atoms with van der Waals surface area (Å²) >= 11 is 0. The highest BCUT2D eigenvalue weighted by molar-refractivity contribution is 5.80. The fraction of sp³-hybridized carbons (Fsp3) is 0.200. The minimum atomic E-state index is 0.0403. The topological polar surface area (TPSA) is 49.0 Å². The lowest BCUT2D eigenvalue weighted by Gasteiger charge is -2.23. The maximum Gasteiger partial charge on any atom is 0.227 e. The number of fused-ring (bicyclic) bond motifs is 1. The van der Waals surface area contributed by atoms with Gasteiger partial charge in [0.2, 0.25) is 5.91 Å². The van der Waals surface area contributed by atoms with Gasteiger partial charge in [0.05, 0.1) is 23.5 Å². The van der Waals surface area contributed by atoms with E-state index in [1.165, 1.54) is 11.1 Å². The minimum absolute atomic E-state index is 0.0403. The zero-order chi connectivity index (χ0) is 19.6. The highest BCUT2D eigenvalue weighted by atomic mass is 16.2. The van der Waals surface area contributed by atoms with Crippen LogP contribution in [0.25, 0.3) is 22.2 Å². The van der Waals surface area contributed by atoms with E-state index in [1.807, 2.05) is 47.4 Å². The van der Waals surface area contributed by atoms with E-state index in [0.717, 1.165) is 41.8 Å². The Bertz CT molecular complexity index is 1100. The number of benzene rings is 3. The van der Waals surface area contributed by atoms with Gasteiger partial charge in [0.1, 0.15) is 5.82 Å². The SMILES string of the molecule is O=C(Cc1ccc(-c2ccccc2)cc1)N1CCCC1c1nc2ccccc2[nH]1. The van der Waals surface area contributed by atoms with Gasteiger partial charge in [0, 0.05) is 6.54 Å². The normalized spacial score (nSPS) is 16.4. The molecule has 4 aromatic rings. The maximum absolute atomic E-state index is 13.1. The Hall–Kier alpha value is -3.40. The fourth-order valence-electron chi connectivity index (χ4n) is 4.20. The van der Waals surface area contributed by atoms with Crippen molar-refractivity contribution in [2.24, 2.45) is 0 Å². The summed E-state index contributed by atoms with van der Waals surface area (Å²) in [4.78, 5) is 23.2. The first kappa shape index (κ1) is 17.7. The van der Waals surface area contributed by atoms with Crippen molar-refractivity contribution in [3.05, 3.63) is 90.3 Å². The smallest absolute Gasteiger partial charge is 0.227 e. The Morgan fingerprint density at radius 3 is 2.45 bits per heavy atom. The van der Waals surface area contributed by atoms with Crippen LogP contribution in [-0.4, -0.2) is 27.3 Å². The molecular weight excluding hydrogens is 358 g/mol. The van der Waals surface area contributed by atoms with Crippen molar-refractivity contribution in [1.29, 1.82) is 0 Å². The van der Waals surface area contributed by atoms with Crippen LogP contribution in [0.1, 0.15) is 30.3 Å². The van der Waals surface area contributed by atoms with Crippen LogP contribution in [0.5, 0.6) is 0 Å². The number of imidazole rings is 1. The molecule has 1 aliphatic rings. The van der Waals surface area contributed by atoms with Gasteiger partial charge in [-0.2, -0.15) is 0 Å². The minimum Gasteiger partial charge on any atom is -0.340 e. The molecule has 2 heterocycles. The molecule has 1 aliphatic heterocycles. The van der Waals surface area contributed by atoms with E-state index in [0.29, 0.717) is 6.42 Å². The van der Waals surface area contributed by atoms with Crippen molar-refractivity contribution in [3.8, 4) is 11.1 Å². The summed E-state index contributed by atoms with van der Waals surface area (Å²) in [5.41, 5.74) is 5.39. The second-order valence-electron chi connectivity index (χ2n) is 7.62. The second kappa shape index (κ2) is 7.55. The number of carbonyl (C=O) groups is 1. The predicted molar refractivity (Wildman–Crippen MR) is 115 cm³/mol. The van der Waals surface area contributed by atoms with Gasteiger partial charge in [0.25, 0.3) is 0 Å². The number of carbonyl (C=O) groups excluding carboxylic acids is 1. The zero-order valence-electron chi connectivity index (χ0n) is 16.2. The Morgan fingerprint density at radius 2 is 1.66 bits per heavy atom. The largest absolute Gasteiger partial charge is 0.340 e. The van der Waals surface area contributed by atoms with Crippen LogP contribution in [0.15, 0.2) is 78.9 Å². The van der Waals surface area contributed by atoms with Crippen molar-refractivity contribution < 1.29 is 4.79 Å². The quantitative estimate of drug-likeness (QED) is 0.532. The molecule has 4 heteroatoms. The van der Waals surface area contributed by atoms with Crippen molar-refractivity contribution in [1.82, 2.24) is 14.9 Å². The molecule has 1 fully saturated rings. The molecule has 5 rings (SSSR count). The molecule has 1 saturated heterocycles. The maximum atomic E-state index is 13.1. The molecule has 1 atom stereocenters. The summed E-state index contributed by atoms with van der Waals surface area (Å²) < 4.78 is 0. The third-order valence-corrected chi connectivity index (χ3v) is 5.71. The average Bonchev–Trinajstić information content (AvgIpc) is 3.42. The van der Waals surface area contributed by atoms with Gasteiger partial charge in [-0.25, -0.2) is 4.98 Å². The summed E-state index contributed by atoms with van der Waals surface area (Å²) in [6, 6.07) is 26.7.